The molecule has 2 N–H and O–H groups in total. The van der Waals surface area contributed by atoms with E-state index in [1.807, 2.05) is 0 Å². The number of hydrogen-bond donors (Lipinski definition) is 1. The molecule has 1 aromatic heterocycles. The normalized spacial score (nSPS) is 22.2. The zero-order valence-corrected chi connectivity index (χ0v) is 10.1. The van der Waals surface area contributed by atoms with E-state index in [0.29, 0.717) is 5.82 Å². The van der Waals surface area contributed by atoms with Gasteiger partial charge in [-0.15, -0.1) is 0 Å². The number of aromatic nitrogens is 2. The zero-order chi connectivity index (χ0) is 11.4. The molecule has 1 saturated heterocycles. The molecule has 0 aromatic carbocycles. The molecule has 1 unspecified atom stereocenters. The largest absolute Gasteiger partial charge is 0.381 e. The fourth-order valence-electron chi connectivity index (χ4n) is 1.59. The van der Waals surface area contributed by atoms with Crippen molar-refractivity contribution in [1.29, 1.82) is 0 Å². The van der Waals surface area contributed by atoms with E-state index in [4.69, 9.17) is 10.5 Å². The summed E-state index contributed by atoms with van der Waals surface area (Å²) in [6.45, 7) is 2.78. The minimum absolute atomic E-state index is 0.255. The molecule has 0 aliphatic carbocycles. The van der Waals surface area contributed by atoms with Gasteiger partial charge in [-0.3, -0.25) is 0 Å². The van der Waals surface area contributed by atoms with E-state index in [0.717, 1.165) is 30.5 Å². The van der Waals surface area contributed by atoms with Gasteiger partial charge in [0.15, 0.2) is 5.82 Å². The highest BCUT2D eigenvalue weighted by Crippen LogP contribution is 2.22. The van der Waals surface area contributed by atoms with E-state index in [-0.39, 0.29) is 6.10 Å². The van der Waals surface area contributed by atoms with Gasteiger partial charge >= 0.3 is 0 Å². The molecule has 1 atom stereocenters. The Kier molecular flexibility index (Phi) is 3.98. The van der Waals surface area contributed by atoms with Crippen LogP contribution in [-0.2, 0) is 4.74 Å². The molecule has 0 bridgehead atoms. The van der Waals surface area contributed by atoms with Crippen LogP contribution in [0.25, 0.3) is 0 Å². The number of thioether (sulfide) groups is 1. The Balaban J connectivity index is 1.85. The highest BCUT2D eigenvalue weighted by Gasteiger charge is 2.18. The van der Waals surface area contributed by atoms with Crippen molar-refractivity contribution in [1.82, 2.24) is 14.9 Å². The Morgan fingerprint density at radius 1 is 1.56 bits per heavy atom. The molecule has 0 spiro atoms. The van der Waals surface area contributed by atoms with E-state index >= 15 is 0 Å². The summed E-state index contributed by atoms with van der Waals surface area (Å²) >= 11 is 1.61. The summed E-state index contributed by atoms with van der Waals surface area (Å²) in [5.41, 5.74) is 5.72. The number of morpholine rings is 1. The highest BCUT2D eigenvalue weighted by atomic mass is 32.2. The van der Waals surface area contributed by atoms with Crippen LogP contribution in [-0.4, -0.2) is 53.5 Å². The summed E-state index contributed by atoms with van der Waals surface area (Å²) in [6.07, 6.45) is 3.52. The molecule has 1 aromatic rings. The lowest BCUT2D eigenvalue weighted by atomic mass is 10.3. The molecular weight excluding hydrogens is 224 g/mol. The van der Waals surface area contributed by atoms with Gasteiger partial charge in [-0.25, -0.2) is 9.97 Å². The number of nitrogen functional groups attached to an aromatic ring is 1. The monoisotopic (exact) mass is 240 g/mol. The molecule has 1 fully saturated rings. The van der Waals surface area contributed by atoms with Gasteiger partial charge in [0.2, 0.25) is 0 Å². The van der Waals surface area contributed by atoms with Crippen molar-refractivity contribution in [2.75, 3.05) is 38.2 Å². The molecule has 0 saturated carbocycles. The molecule has 2 rings (SSSR count). The number of hydrogen-bond acceptors (Lipinski definition) is 6. The predicted molar refractivity (Wildman–Crippen MR) is 64.4 cm³/mol. The van der Waals surface area contributed by atoms with Gasteiger partial charge in [-0.05, 0) is 7.05 Å². The van der Waals surface area contributed by atoms with Crippen LogP contribution in [0.5, 0.6) is 0 Å². The van der Waals surface area contributed by atoms with Gasteiger partial charge in [0.1, 0.15) is 5.03 Å². The molecule has 16 heavy (non-hydrogen) atoms. The van der Waals surface area contributed by atoms with Crippen molar-refractivity contribution >= 4 is 17.6 Å². The Bertz CT molecular complexity index is 349. The summed E-state index contributed by atoms with van der Waals surface area (Å²) in [5, 5.41) is 0.791. The molecule has 6 heteroatoms. The van der Waals surface area contributed by atoms with Crippen molar-refractivity contribution < 1.29 is 4.74 Å². The van der Waals surface area contributed by atoms with Crippen molar-refractivity contribution in [2.45, 2.75) is 11.1 Å². The van der Waals surface area contributed by atoms with E-state index < -0.39 is 0 Å². The van der Waals surface area contributed by atoms with Gasteiger partial charge in [0.05, 0.1) is 12.7 Å². The molecule has 5 nitrogen and oxygen atoms in total. The second-order valence-corrected chi connectivity index (χ2v) is 4.82. The quantitative estimate of drug-likeness (QED) is 0.775. The van der Waals surface area contributed by atoms with Crippen LogP contribution in [0.1, 0.15) is 0 Å². The average molecular weight is 240 g/mol. The summed E-state index contributed by atoms with van der Waals surface area (Å²) in [7, 11) is 2.11. The summed E-state index contributed by atoms with van der Waals surface area (Å²) in [6, 6.07) is 0. The standard InChI is InChI=1S/C10H16N4OS/c1-14-4-5-15-8(6-14)7-16-10-9(11)12-2-3-13-10/h2-3,8H,4-7H2,1H3,(H2,11,12). The third-order valence-corrected chi connectivity index (χ3v) is 3.57. The van der Waals surface area contributed by atoms with Crippen LogP contribution in [0.4, 0.5) is 5.82 Å². The molecule has 1 aliphatic rings. The number of ether oxygens (including phenoxy) is 1. The van der Waals surface area contributed by atoms with Gasteiger partial charge in [0, 0.05) is 31.2 Å². The van der Waals surface area contributed by atoms with E-state index in [2.05, 4.69) is 21.9 Å². The highest BCUT2D eigenvalue weighted by molar-refractivity contribution is 7.99. The van der Waals surface area contributed by atoms with Gasteiger partial charge < -0.3 is 15.4 Å². The fraction of sp³-hybridized carbons (Fsp3) is 0.600. The van der Waals surface area contributed by atoms with Gasteiger partial charge in [-0.1, -0.05) is 11.8 Å². The first-order valence-electron chi connectivity index (χ1n) is 5.25. The third-order valence-electron chi connectivity index (χ3n) is 2.44. The van der Waals surface area contributed by atoms with Crippen LogP contribution in [0, 0.1) is 0 Å². The lowest BCUT2D eigenvalue weighted by Crippen LogP contribution is -2.41. The SMILES string of the molecule is CN1CCOC(CSc2nccnc2N)C1. The second kappa shape index (κ2) is 5.47. The van der Waals surface area contributed by atoms with Crippen LogP contribution >= 0.6 is 11.8 Å². The van der Waals surface area contributed by atoms with E-state index in [1.165, 1.54) is 0 Å². The number of nitrogens with two attached hydrogens (primary N) is 1. The lowest BCUT2D eigenvalue weighted by Gasteiger charge is -2.29. The van der Waals surface area contributed by atoms with Gasteiger partial charge in [0.25, 0.3) is 0 Å². The van der Waals surface area contributed by atoms with Crippen molar-refractivity contribution in [2.24, 2.45) is 0 Å². The molecule has 0 radical (unpaired) electrons. The minimum atomic E-state index is 0.255. The number of rotatable bonds is 3. The Labute approximate surface area is 99.4 Å². The molecule has 1 aliphatic heterocycles. The average Bonchev–Trinajstić information content (AvgIpc) is 2.28. The smallest absolute Gasteiger partial charge is 0.156 e. The fourth-order valence-corrected chi connectivity index (χ4v) is 2.47. The van der Waals surface area contributed by atoms with Crippen molar-refractivity contribution in [3.05, 3.63) is 12.4 Å². The maximum absolute atomic E-state index is 5.72. The number of anilines is 1. The first-order chi connectivity index (χ1) is 7.75. The second-order valence-electron chi connectivity index (χ2n) is 3.81. The summed E-state index contributed by atoms with van der Waals surface area (Å²) in [4.78, 5) is 10.5. The van der Waals surface area contributed by atoms with Gasteiger partial charge in [-0.2, -0.15) is 0 Å². The summed E-state index contributed by atoms with van der Waals surface area (Å²) < 4.78 is 5.66. The van der Waals surface area contributed by atoms with Crippen LogP contribution in [0.2, 0.25) is 0 Å². The van der Waals surface area contributed by atoms with E-state index in [9.17, 15) is 0 Å². The number of likely N-dealkylation sites (N-methyl/N-ethyl adjacent to an activating group) is 1. The predicted octanol–water partition coefficient (Wildman–Crippen LogP) is 0.481. The van der Waals surface area contributed by atoms with Crippen molar-refractivity contribution in [3.63, 3.8) is 0 Å². The number of nitrogens with zero attached hydrogens (tertiary/aromatic N) is 3. The van der Waals surface area contributed by atoms with Crippen LogP contribution in [0.3, 0.4) is 0 Å². The third kappa shape index (κ3) is 3.07. The van der Waals surface area contributed by atoms with Crippen molar-refractivity contribution in [3.8, 4) is 0 Å². The Morgan fingerprint density at radius 3 is 3.12 bits per heavy atom. The molecular formula is C10H16N4OS. The van der Waals surface area contributed by atoms with Crippen LogP contribution < -0.4 is 5.73 Å². The Morgan fingerprint density at radius 2 is 2.38 bits per heavy atom. The lowest BCUT2D eigenvalue weighted by molar-refractivity contribution is -0.00599. The maximum atomic E-state index is 5.72. The topological polar surface area (TPSA) is 64.3 Å². The molecule has 88 valence electrons. The minimum Gasteiger partial charge on any atom is -0.381 e. The first kappa shape index (κ1) is 11.6. The molecule has 2 heterocycles. The Hall–Kier alpha value is -0.850. The zero-order valence-electron chi connectivity index (χ0n) is 9.30. The molecule has 0 amide bonds. The first-order valence-corrected chi connectivity index (χ1v) is 6.23. The van der Waals surface area contributed by atoms with E-state index in [1.54, 1.807) is 24.2 Å². The summed E-state index contributed by atoms with van der Waals surface area (Å²) in [5.74, 6) is 1.37. The maximum Gasteiger partial charge on any atom is 0.156 e. The van der Waals surface area contributed by atoms with Crippen LogP contribution in [0.15, 0.2) is 17.4 Å².